The van der Waals surface area contributed by atoms with E-state index in [0.717, 1.165) is 5.56 Å². The topological polar surface area (TPSA) is 101 Å². The maximum Gasteiger partial charge on any atom is 0.242 e. The lowest BCUT2D eigenvalue weighted by Crippen LogP contribution is -2.48. The molecule has 22 heavy (non-hydrogen) atoms. The van der Waals surface area contributed by atoms with Crippen LogP contribution in [0.2, 0.25) is 0 Å². The maximum absolute atomic E-state index is 12.2. The van der Waals surface area contributed by atoms with E-state index in [4.69, 9.17) is 5.73 Å². The van der Waals surface area contributed by atoms with Crippen LogP contribution in [0.5, 0.6) is 0 Å². The van der Waals surface area contributed by atoms with Gasteiger partial charge in [0.25, 0.3) is 0 Å². The minimum Gasteiger partial charge on any atom is -0.368 e. The summed E-state index contributed by atoms with van der Waals surface area (Å²) in [5.41, 5.74) is 5.98. The van der Waals surface area contributed by atoms with Gasteiger partial charge in [0.15, 0.2) is 0 Å². The van der Waals surface area contributed by atoms with Crippen molar-refractivity contribution in [1.29, 1.82) is 0 Å². The molecule has 1 rings (SSSR count). The van der Waals surface area contributed by atoms with Crippen molar-refractivity contribution < 1.29 is 14.4 Å². The summed E-state index contributed by atoms with van der Waals surface area (Å²) < 4.78 is 0. The number of nitrogens with one attached hydrogen (secondary N) is 2. The summed E-state index contributed by atoms with van der Waals surface area (Å²) in [6.07, 6.45) is 0.547. The zero-order valence-electron chi connectivity index (χ0n) is 12.4. The molecule has 0 saturated heterocycles. The van der Waals surface area contributed by atoms with E-state index in [1.54, 1.807) is 6.92 Å². The minimum absolute atomic E-state index is 0.249. The molecule has 4 N–H and O–H groups in total. The molecule has 3 amide bonds. The molecule has 0 heterocycles. The summed E-state index contributed by atoms with van der Waals surface area (Å²) in [6.45, 7) is 1.30. The second-order valence-corrected chi connectivity index (χ2v) is 5.35. The zero-order chi connectivity index (χ0) is 16.5. The molecule has 0 saturated carbocycles. The first-order valence-corrected chi connectivity index (χ1v) is 7.58. The fourth-order valence-corrected chi connectivity index (χ4v) is 2.16. The number of thiol groups is 1. The molecule has 0 radical (unpaired) electrons. The molecule has 0 aliphatic heterocycles. The molecule has 0 aliphatic carbocycles. The molecule has 0 aliphatic rings. The molecule has 6 nitrogen and oxygen atoms in total. The second kappa shape index (κ2) is 9.09. The lowest BCUT2D eigenvalue weighted by atomic mass is 10.00. The highest BCUT2D eigenvalue weighted by Crippen LogP contribution is 2.11. The van der Waals surface area contributed by atoms with Crippen molar-refractivity contribution in [1.82, 2.24) is 10.6 Å². The average Bonchev–Trinajstić information content (AvgIpc) is 2.50. The Bertz CT molecular complexity index is 522. The molecule has 2 unspecified atom stereocenters. The van der Waals surface area contributed by atoms with Crippen LogP contribution in [0, 0.1) is 5.92 Å². The number of carbonyl (C=O) groups excluding carboxylic acids is 3. The van der Waals surface area contributed by atoms with Gasteiger partial charge in [-0.3, -0.25) is 14.4 Å². The van der Waals surface area contributed by atoms with Gasteiger partial charge in [-0.25, -0.2) is 0 Å². The van der Waals surface area contributed by atoms with Gasteiger partial charge in [0, 0.05) is 5.75 Å². The first-order valence-electron chi connectivity index (χ1n) is 6.95. The molecule has 0 aromatic heterocycles. The van der Waals surface area contributed by atoms with Crippen LogP contribution in [-0.4, -0.2) is 36.1 Å². The third-order valence-corrected chi connectivity index (χ3v) is 3.55. The Hall–Kier alpha value is -2.02. The van der Waals surface area contributed by atoms with Gasteiger partial charge in [0.1, 0.15) is 6.04 Å². The van der Waals surface area contributed by atoms with E-state index >= 15 is 0 Å². The van der Waals surface area contributed by atoms with Crippen molar-refractivity contribution in [3.8, 4) is 0 Å². The van der Waals surface area contributed by atoms with Gasteiger partial charge in [-0.05, 0) is 18.9 Å². The van der Waals surface area contributed by atoms with Gasteiger partial charge in [0.2, 0.25) is 17.7 Å². The fraction of sp³-hybridized carbons (Fsp3) is 0.400. The van der Waals surface area contributed by atoms with Crippen molar-refractivity contribution in [3.63, 3.8) is 0 Å². The Morgan fingerprint density at radius 3 is 2.36 bits per heavy atom. The van der Waals surface area contributed by atoms with Crippen molar-refractivity contribution in [2.75, 3.05) is 12.3 Å². The molecular weight excluding hydrogens is 302 g/mol. The molecule has 1 aromatic carbocycles. The first-order chi connectivity index (χ1) is 10.4. The average molecular weight is 323 g/mol. The standard InChI is InChI=1S/C15H21N3O3S/c1-10(14(20)17-8-13(16)19)18-15(21)12(9-22)7-11-5-3-2-4-6-11/h2-6,10,12,22H,7-9H2,1H3,(H2,16,19)(H,17,20)(H,18,21). The van der Waals surface area contributed by atoms with E-state index in [9.17, 15) is 14.4 Å². The van der Waals surface area contributed by atoms with E-state index in [2.05, 4.69) is 23.3 Å². The monoisotopic (exact) mass is 323 g/mol. The van der Waals surface area contributed by atoms with Crippen molar-refractivity contribution in [2.45, 2.75) is 19.4 Å². The lowest BCUT2D eigenvalue weighted by Gasteiger charge is -2.18. The van der Waals surface area contributed by atoms with Crippen LogP contribution in [0.4, 0.5) is 0 Å². The summed E-state index contributed by atoms with van der Waals surface area (Å²) in [6, 6.07) is 8.85. The molecule has 1 aromatic rings. The normalized spacial score (nSPS) is 13.0. The Labute approximate surface area is 135 Å². The summed E-state index contributed by atoms with van der Waals surface area (Å²) >= 11 is 4.20. The van der Waals surface area contributed by atoms with Crippen LogP contribution in [-0.2, 0) is 20.8 Å². The number of hydrogen-bond acceptors (Lipinski definition) is 4. The van der Waals surface area contributed by atoms with E-state index in [0.29, 0.717) is 12.2 Å². The zero-order valence-corrected chi connectivity index (χ0v) is 13.3. The summed E-state index contributed by atoms with van der Waals surface area (Å²) in [7, 11) is 0. The van der Waals surface area contributed by atoms with Gasteiger partial charge in [-0.15, -0.1) is 0 Å². The fourth-order valence-electron chi connectivity index (χ4n) is 1.86. The van der Waals surface area contributed by atoms with Crippen LogP contribution < -0.4 is 16.4 Å². The van der Waals surface area contributed by atoms with Crippen molar-refractivity contribution in [3.05, 3.63) is 35.9 Å². The first kappa shape index (κ1) is 18.0. The van der Waals surface area contributed by atoms with Crippen LogP contribution in [0.1, 0.15) is 12.5 Å². The molecule has 120 valence electrons. The number of benzene rings is 1. The van der Waals surface area contributed by atoms with E-state index in [1.165, 1.54) is 0 Å². The summed E-state index contributed by atoms with van der Waals surface area (Å²) in [5, 5.41) is 4.97. The van der Waals surface area contributed by atoms with E-state index < -0.39 is 17.9 Å². The Balaban J connectivity index is 2.53. The number of primary amides is 1. The molecule has 0 fully saturated rings. The number of rotatable bonds is 8. The number of hydrogen-bond donors (Lipinski definition) is 4. The highest BCUT2D eigenvalue weighted by Gasteiger charge is 2.22. The quantitative estimate of drug-likeness (QED) is 0.502. The predicted molar refractivity (Wildman–Crippen MR) is 87.3 cm³/mol. The Morgan fingerprint density at radius 2 is 1.82 bits per heavy atom. The van der Waals surface area contributed by atoms with Crippen molar-refractivity contribution >= 4 is 30.4 Å². The highest BCUT2D eigenvalue weighted by atomic mass is 32.1. The van der Waals surface area contributed by atoms with Crippen LogP contribution in [0.3, 0.4) is 0 Å². The third-order valence-electron chi connectivity index (χ3n) is 3.11. The SMILES string of the molecule is CC(NC(=O)C(CS)Cc1ccccc1)C(=O)NCC(N)=O. The number of carbonyl (C=O) groups is 3. The van der Waals surface area contributed by atoms with Gasteiger partial charge in [0.05, 0.1) is 12.5 Å². The Kier molecular flexibility index (Phi) is 7.45. The molecule has 7 heteroatoms. The molecule has 0 spiro atoms. The summed E-state index contributed by atoms with van der Waals surface area (Å²) in [4.78, 5) is 34.5. The number of nitrogens with two attached hydrogens (primary N) is 1. The smallest absolute Gasteiger partial charge is 0.242 e. The maximum atomic E-state index is 12.2. The Morgan fingerprint density at radius 1 is 1.18 bits per heavy atom. The van der Waals surface area contributed by atoms with Crippen molar-refractivity contribution in [2.24, 2.45) is 11.7 Å². The molecular formula is C15H21N3O3S. The predicted octanol–water partition coefficient (Wildman–Crippen LogP) is -0.119. The largest absolute Gasteiger partial charge is 0.368 e. The van der Waals surface area contributed by atoms with Gasteiger partial charge in [-0.1, -0.05) is 30.3 Å². The lowest BCUT2D eigenvalue weighted by molar-refractivity contribution is -0.131. The van der Waals surface area contributed by atoms with Crippen LogP contribution >= 0.6 is 12.6 Å². The second-order valence-electron chi connectivity index (χ2n) is 4.98. The van der Waals surface area contributed by atoms with Gasteiger partial charge >= 0.3 is 0 Å². The molecule has 2 atom stereocenters. The van der Waals surface area contributed by atoms with Gasteiger partial charge < -0.3 is 16.4 Å². The minimum atomic E-state index is -0.745. The summed E-state index contributed by atoms with van der Waals surface area (Å²) in [5.74, 6) is -1.30. The van der Waals surface area contributed by atoms with Crippen LogP contribution in [0.15, 0.2) is 30.3 Å². The van der Waals surface area contributed by atoms with Gasteiger partial charge in [-0.2, -0.15) is 12.6 Å². The van der Waals surface area contributed by atoms with Crippen LogP contribution in [0.25, 0.3) is 0 Å². The highest BCUT2D eigenvalue weighted by molar-refractivity contribution is 7.80. The third kappa shape index (κ3) is 6.17. The molecule has 0 bridgehead atoms. The number of amides is 3. The van der Waals surface area contributed by atoms with E-state index in [1.807, 2.05) is 30.3 Å². The van der Waals surface area contributed by atoms with E-state index in [-0.39, 0.29) is 18.4 Å².